The molecule has 1 unspecified atom stereocenters. The Morgan fingerprint density at radius 1 is 2.00 bits per heavy atom. The quantitative estimate of drug-likeness (QED) is 0.286. The van der Waals surface area contributed by atoms with Gasteiger partial charge in [0, 0.05) is 34.6 Å². The second kappa shape index (κ2) is 1.97. The van der Waals surface area contributed by atoms with Gasteiger partial charge in [-0.25, -0.2) is 0 Å². The topological polar surface area (TPSA) is 34.3 Å². The van der Waals surface area contributed by atoms with Crippen LogP contribution in [0.2, 0.25) is 0 Å². The summed E-state index contributed by atoms with van der Waals surface area (Å²) >= 11 is 0.193. The van der Waals surface area contributed by atoms with Crippen LogP contribution in [0.15, 0.2) is 3.15 Å². The predicted octanol–water partition coefficient (Wildman–Crippen LogP) is 0.700. The highest BCUT2D eigenvalue weighted by atomic mass is 127. The summed E-state index contributed by atoms with van der Waals surface area (Å²) in [7, 11) is 1.90. The molecule has 1 aliphatic rings. The molecule has 0 spiro atoms. The number of hydrogen-bond acceptors (Lipinski definition) is 2. The number of nitrogens with one attached hydrogen (secondary N) is 1. The summed E-state index contributed by atoms with van der Waals surface area (Å²) in [6.45, 7) is 1.23. The lowest BCUT2D eigenvalue weighted by Gasteiger charge is -1.67. The molecule has 1 atom stereocenters. The maximum Gasteiger partial charge on any atom is 0.0838 e. The van der Waals surface area contributed by atoms with E-state index in [1.165, 1.54) is 6.54 Å². The molecule has 1 rings (SSSR count). The molecule has 1 saturated heterocycles. The first kappa shape index (κ1) is 4.64. The van der Waals surface area contributed by atoms with E-state index >= 15 is 0 Å². The zero-order chi connectivity index (χ0) is 4.41. The van der Waals surface area contributed by atoms with E-state index in [1.807, 2.05) is 7.05 Å². The molecule has 0 aliphatic carbocycles. The highest BCUT2D eigenvalue weighted by Crippen LogP contribution is 2.14. The Balaban J connectivity index is 2.15. The first-order valence-electron chi connectivity index (χ1n) is 1.88. The Hall–Kier alpha value is 0.490. The van der Waals surface area contributed by atoms with Crippen molar-refractivity contribution in [2.24, 2.45) is 3.15 Å². The number of hydrogen-bond donors (Lipinski definition) is 1. The zero-order valence-corrected chi connectivity index (χ0v) is 5.77. The standard InChI is InChI=1S/C3H7IN2/c1-5-4-3-2-6-3/h3,6H,2H2,1H3. The van der Waals surface area contributed by atoms with Gasteiger partial charge in [0.05, 0.1) is 4.05 Å². The monoisotopic (exact) mass is 198 g/mol. The zero-order valence-electron chi connectivity index (χ0n) is 3.61. The average Bonchev–Trinajstić information content (AvgIpc) is 2.21. The lowest BCUT2D eigenvalue weighted by Crippen LogP contribution is -1.69. The third-order valence-electron chi connectivity index (χ3n) is 0.574. The van der Waals surface area contributed by atoms with Gasteiger partial charge in [0.15, 0.2) is 0 Å². The first-order chi connectivity index (χ1) is 2.93. The molecule has 0 amide bonds. The molecule has 0 aromatic heterocycles. The van der Waals surface area contributed by atoms with Gasteiger partial charge in [-0.2, -0.15) is 0 Å². The van der Waals surface area contributed by atoms with Gasteiger partial charge in [-0.05, 0) is 0 Å². The van der Waals surface area contributed by atoms with Crippen molar-refractivity contribution in [3.8, 4) is 0 Å². The van der Waals surface area contributed by atoms with Crippen molar-refractivity contribution in [3.63, 3.8) is 0 Å². The number of rotatable bonds is 1. The van der Waals surface area contributed by atoms with Gasteiger partial charge in [-0.15, -0.1) is 0 Å². The molecule has 2 nitrogen and oxygen atoms in total. The van der Waals surface area contributed by atoms with E-state index in [2.05, 4.69) is 8.46 Å². The molecule has 36 valence electrons. The summed E-state index contributed by atoms with van der Waals surface area (Å²) in [6.07, 6.45) is 0. The SMILES string of the molecule is CN=IC1CN1. The first-order valence-corrected chi connectivity index (χ1v) is 4.10. The molecule has 0 saturated carbocycles. The van der Waals surface area contributed by atoms with Crippen LogP contribution in [0, 0.1) is 0 Å². The van der Waals surface area contributed by atoms with Gasteiger partial charge in [-0.1, -0.05) is 0 Å². The van der Waals surface area contributed by atoms with Crippen molar-refractivity contribution < 1.29 is 0 Å². The molecule has 0 bridgehead atoms. The van der Waals surface area contributed by atoms with Crippen LogP contribution in [0.5, 0.6) is 0 Å². The van der Waals surface area contributed by atoms with Crippen molar-refractivity contribution in [1.29, 1.82) is 0 Å². The van der Waals surface area contributed by atoms with Crippen molar-refractivity contribution in [2.45, 2.75) is 4.05 Å². The molecule has 1 N–H and O–H groups in total. The molecule has 0 aromatic rings. The van der Waals surface area contributed by atoms with Crippen molar-refractivity contribution in [3.05, 3.63) is 0 Å². The fourth-order valence-electron chi connectivity index (χ4n) is 0.231. The maximum atomic E-state index is 4.05. The Kier molecular flexibility index (Phi) is 1.53. The van der Waals surface area contributed by atoms with Crippen molar-refractivity contribution >= 4 is 21.0 Å². The molecular formula is C3H7IN2. The molecule has 1 fully saturated rings. The van der Waals surface area contributed by atoms with E-state index in [0.29, 0.717) is 0 Å². The minimum atomic E-state index is 0.193. The Morgan fingerprint density at radius 3 is 2.83 bits per heavy atom. The normalized spacial score (nSPS) is 33.2. The molecule has 1 aliphatic heterocycles. The van der Waals surface area contributed by atoms with Gasteiger partial charge in [0.1, 0.15) is 0 Å². The van der Waals surface area contributed by atoms with Gasteiger partial charge >= 0.3 is 0 Å². The predicted molar refractivity (Wildman–Crippen MR) is 34.2 cm³/mol. The van der Waals surface area contributed by atoms with Gasteiger partial charge < -0.3 is 5.32 Å². The van der Waals surface area contributed by atoms with Crippen LogP contribution < -0.4 is 5.32 Å². The number of halogens is 1. The Labute approximate surface area is 47.5 Å². The van der Waals surface area contributed by atoms with Crippen LogP contribution in [0.4, 0.5) is 0 Å². The minimum Gasteiger partial charge on any atom is -0.301 e. The van der Waals surface area contributed by atoms with E-state index in [1.54, 1.807) is 0 Å². The second-order valence-corrected chi connectivity index (χ2v) is 4.17. The highest BCUT2D eigenvalue weighted by Gasteiger charge is 2.16. The maximum absolute atomic E-state index is 4.05. The summed E-state index contributed by atoms with van der Waals surface area (Å²) in [5, 5.41) is 3.19. The number of nitrogens with zero attached hydrogens (tertiary/aromatic N) is 1. The van der Waals surface area contributed by atoms with E-state index in [-0.39, 0.29) is 21.0 Å². The highest BCUT2D eigenvalue weighted by molar-refractivity contribution is 14.2. The molecular weight excluding hydrogens is 191 g/mol. The van der Waals surface area contributed by atoms with E-state index in [0.717, 1.165) is 4.05 Å². The van der Waals surface area contributed by atoms with Crippen LogP contribution in [0.25, 0.3) is 0 Å². The van der Waals surface area contributed by atoms with Gasteiger partial charge in [-0.3, -0.25) is 3.15 Å². The molecule has 0 aromatic carbocycles. The summed E-state index contributed by atoms with van der Waals surface area (Å²) < 4.78 is 4.89. The number of alkyl halides is 1. The van der Waals surface area contributed by atoms with E-state index in [4.69, 9.17) is 0 Å². The van der Waals surface area contributed by atoms with Crippen molar-refractivity contribution in [2.75, 3.05) is 13.6 Å². The summed E-state index contributed by atoms with van der Waals surface area (Å²) in [5.41, 5.74) is 0. The summed E-state index contributed by atoms with van der Waals surface area (Å²) in [6, 6.07) is 0. The average molecular weight is 198 g/mol. The molecule has 0 radical (unpaired) electrons. The Morgan fingerprint density at radius 2 is 2.67 bits per heavy atom. The van der Waals surface area contributed by atoms with Crippen LogP contribution >= 0.6 is 21.0 Å². The van der Waals surface area contributed by atoms with E-state index in [9.17, 15) is 0 Å². The lowest BCUT2D eigenvalue weighted by molar-refractivity contribution is 1.33. The lowest BCUT2D eigenvalue weighted by atomic mass is 11.0. The summed E-state index contributed by atoms with van der Waals surface area (Å²) in [5.74, 6) is 0. The van der Waals surface area contributed by atoms with Crippen LogP contribution in [-0.2, 0) is 0 Å². The molecule has 6 heavy (non-hydrogen) atoms. The van der Waals surface area contributed by atoms with Crippen LogP contribution in [0.3, 0.4) is 0 Å². The van der Waals surface area contributed by atoms with Gasteiger partial charge in [0.25, 0.3) is 0 Å². The van der Waals surface area contributed by atoms with Crippen LogP contribution in [0.1, 0.15) is 0 Å². The van der Waals surface area contributed by atoms with Crippen molar-refractivity contribution in [1.82, 2.24) is 5.32 Å². The fraction of sp³-hybridized carbons (Fsp3) is 1.00. The van der Waals surface area contributed by atoms with E-state index < -0.39 is 0 Å². The molecule has 3 heteroatoms. The van der Waals surface area contributed by atoms with Crippen LogP contribution in [-0.4, -0.2) is 17.6 Å². The molecule has 1 heterocycles. The third kappa shape index (κ3) is 1.30. The van der Waals surface area contributed by atoms with Gasteiger partial charge in [0.2, 0.25) is 0 Å². The minimum absolute atomic E-state index is 0.193. The Bertz CT molecular complexity index is 67.2. The summed E-state index contributed by atoms with van der Waals surface area (Å²) in [4.78, 5) is 0. The second-order valence-electron chi connectivity index (χ2n) is 1.14. The third-order valence-corrected chi connectivity index (χ3v) is 2.68. The smallest absolute Gasteiger partial charge is 0.0838 e. The largest absolute Gasteiger partial charge is 0.301 e. The fourth-order valence-corrected chi connectivity index (χ4v) is 1.55.